The van der Waals surface area contributed by atoms with Crippen LogP contribution in [0.25, 0.3) is 0 Å². The van der Waals surface area contributed by atoms with Crippen molar-refractivity contribution in [3.05, 3.63) is 35.4 Å². The van der Waals surface area contributed by atoms with Crippen molar-refractivity contribution in [1.29, 1.82) is 0 Å². The Balaban J connectivity index is 1.26. The molecule has 212 valence electrons. The van der Waals surface area contributed by atoms with E-state index < -0.39 is 17.4 Å². The van der Waals surface area contributed by atoms with Crippen LogP contribution in [0.15, 0.2) is 23.4 Å². The average Bonchev–Trinajstić information content (AvgIpc) is 3.24. The van der Waals surface area contributed by atoms with Gasteiger partial charge in [0.1, 0.15) is 17.9 Å². The smallest absolute Gasteiger partial charge is 0.191 e. The Kier molecular flexibility index (Phi) is 7.31. The molecule has 4 N–H and O–H groups in total. The molecule has 13 heteroatoms. The fourth-order valence-electron chi connectivity index (χ4n) is 5.66. The van der Waals surface area contributed by atoms with Crippen LogP contribution in [0.1, 0.15) is 51.5 Å². The van der Waals surface area contributed by atoms with E-state index in [1.807, 2.05) is 18.9 Å². The highest BCUT2D eigenvalue weighted by Crippen LogP contribution is 2.48. The molecule has 4 aliphatic rings. The van der Waals surface area contributed by atoms with Crippen molar-refractivity contribution < 1.29 is 28.1 Å². The number of fused-ring (bicyclic) bond motifs is 2. The second-order valence-electron chi connectivity index (χ2n) is 10.8. The predicted molar refractivity (Wildman–Crippen MR) is 142 cm³/mol. The summed E-state index contributed by atoms with van der Waals surface area (Å²) in [6.45, 7) is 6.04. The molecule has 1 saturated heterocycles. The van der Waals surface area contributed by atoms with E-state index in [2.05, 4.69) is 23.2 Å². The topological polar surface area (TPSA) is 113 Å². The number of aliphatic hydroxyl groups excluding tert-OH is 1. The van der Waals surface area contributed by atoms with E-state index in [0.717, 1.165) is 24.2 Å². The van der Waals surface area contributed by atoms with Crippen LogP contribution < -0.4 is 21.3 Å². The van der Waals surface area contributed by atoms with Gasteiger partial charge in [-0.25, -0.2) is 18.7 Å². The second kappa shape index (κ2) is 10.6. The Hall–Kier alpha value is -2.29. The monoisotopic (exact) mass is 564 g/mol. The number of aliphatic hydroxyl groups is 1. The lowest BCUT2D eigenvalue weighted by molar-refractivity contribution is -0.168. The summed E-state index contributed by atoms with van der Waals surface area (Å²) in [7, 11) is 0. The summed E-state index contributed by atoms with van der Waals surface area (Å²) in [5, 5.41) is 15.4. The molecule has 0 spiro atoms. The van der Waals surface area contributed by atoms with Gasteiger partial charge in [-0.05, 0) is 44.4 Å². The van der Waals surface area contributed by atoms with E-state index in [1.54, 1.807) is 17.8 Å². The number of thioether (sulfide) groups is 1. The maximum Gasteiger partial charge on any atom is 0.191 e. The van der Waals surface area contributed by atoms with Gasteiger partial charge in [-0.2, -0.15) is 0 Å². The third-order valence-electron chi connectivity index (χ3n) is 7.46. The van der Waals surface area contributed by atoms with Gasteiger partial charge in [-0.3, -0.25) is 10.4 Å². The number of aromatic nitrogens is 2. The zero-order valence-electron chi connectivity index (χ0n) is 22.1. The highest BCUT2D eigenvalue weighted by molar-refractivity contribution is 7.99. The number of nitrogens with zero attached hydrogens (tertiary/aromatic N) is 3. The number of nitrogens with one attached hydrogen (secondary N) is 3. The average molecular weight is 565 g/mol. The highest BCUT2D eigenvalue weighted by atomic mass is 32.2. The van der Waals surface area contributed by atoms with E-state index in [9.17, 15) is 13.9 Å². The minimum absolute atomic E-state index is 0.0354. The molecule has 2 saturated carbocycles. The van der Waals surface area contributed by atoms with E-state index >= 15 is 0 Å². The SMILES string of the molecule is CCCSc1nc(NC2CC2c2ccc(F)c(F)c2)c2c(n1)N(C1CC(OCCO)C3OC(C)(C)OC31)NN2. The minimum Gasteiger partial charge on any atom is -0.394 e. The molecule has 10 nitrogen and oxygen atoms in total. The summed E-state index contributed by atoms with van der Waals surface area (Å²) in [5.74, 6) is -0.162. The molecule has 3 heterocycles. The maximum atomic E-state index is 13.8. The van der Waals surface area contributed by atoms with E-state index in [4.69, 9.17) is 24.2 Å². The van der Waals surface area contributed by atoms with Crippen LogP contribution in [0.3, 0.4) is 0 Å². The first-order chi connectivity index (χ1) is 18.8. The summed E-state index contributed by atoms with van der Waals surface area (Å²) >= 11 is 1.58. The molecule has 1 aromatic carbocycles. The third-order valence-corrected chi connectivity index (χ3v) is 8.51. The number of anilines is 3. The molecule has 2 aliphatic heterocycles. The van der Waals surface area contributed by atoms with E-state index in [-0.39, 0.29) is 49.5 Å². The van der Waals surface area contributed by atoms with Crippen molar-refractivity contribution in [2.75, 3.05) is 34.7 Å². The molecule has 6 unspecified atom stereocenters. The van der Waals surface area contributed by atoms with Crippen LogP contribution >= 0.6 is 11.8 Å². The normalized spacial score (nSPS) is 30.3. The van der Waals surface area contributed by atoms with Crippen molar-refractivity contribution in [2.45, 2.75) is 87.3 Å². The molecule has 39 heavy (non-hydrogen) atoms. The number of hydrogen-bond acceptors (Lipinski definition) is 11. The van der Waals surface area contributed by atoms with Gasteiger partial charge in [0.05, 0.1) is 25.4 Å². The van der Waals surface area contributed by atoms with Gasteiger partial charge in [-0.1, -0.05) is 24.8 Å². The summed E-state index contributed by atoms with van der Waals surface area (Å²) < 4.78 is 45.7. The van der Waals surface area contributed by atoms with Crippen molar-refractivity contribution >= 4 is 29.1 Å². The molecule has 0 radical (unpaired) electrons. The minimum atomic E-state index is -0.844. The van der Waals surface area contributed by atoms with Crippen LogP contribution in [0.5, 0.6) is 0 Å². The third kappa shape index (κ3) is 5.27. The van der Waals surface area contributed by atoms with Crippen LogP contribution in [0.4, 0.5) is 26.1 Å². The number of hydrogen-bond donors (Lipinski definition) is 4. The van der Waals surface area contributed by atoms with E-state index in [1.165, 1.54) is 12.1 Å². The first-order valence-electron chi connectivity index (χ1n) is 13.4. The molecule has 2 aromatic rings. The highest BCUT2D eigenvalue weighted by Gasteiger charge is 2.57. The Labute approximate surface area is 230 Å². The van der Waals surface area contributed by atoms with Gasteiger partial charge in [0.25, 0.3) is 0 Å². The molecular weight excluding hydrogens is 530 g/mol. The lowest BCUT2D eigenvalue weighted by atomic mass is 10.1. The molecule has 6 rings (SSSR count). The summed E-state index contributed by atoms with van der Waals surface area (Å²) in [6, 6.07) is 3.96. The van der Waals surface area contributed by atoms with Crippen LogP contribution in [-0.2, 0) is 14.2 Å². The zero-order valence-corrected chi connectivity index (χ0v) is 22.9. The lowest BCUT2D eigenvalue weighted by Gasteiger charge is -2.29. The van der Waals surface area contributed by atoms with Crippen molar-refractivity contribution in [3.63, 3.8) is 0 Å². The van der Waals surface area contributed by atoms with Crippen LogP contribution in [0.2, 0.25) is 0 Å². The molecular formula is C26H34F2N6O4S. The molecule has 1 aromatic heterocycles. The number of ether oxygens (including phenoxy) is 3. The number of hydrazine groups is 2. The van der Waals surface area contributed by atoms with Crippen LogP contribution in [-0.4, -0.2) is 70.2 Å². The van der Waals surface area contributed by atoms with Crippen molar-refractivity contribution in [1.82, 2.24) is 15.5 Å². The molecule has 0 bridgehead atoms. The van der Waals surface area contributed by atoms with E-state index in [0.29, 0.717) is 28.9 Å². The van der Waals surface area contributed by atoms with Gasteiger partial charge in [0, 0.05) is 24.1 Å². The standard InChI is InChI=1S/C26H34F2N6O4S/c1-4-9-39-25-30-23(29-17-11-14(17)13-5-6-15(27)16(28)10-13)20-24(31-25)34(33-32-20)18-12-19(36-8-7-35)22-21(18)37-26(2,3)38-22/h5-6,10,14,17-19,21-22,32-33,35H,4,7-9,11-12H2,1-3H3,(H,29,30,31). The zero-order chi connectivity index (χ0) is 27.3. The number of benzene rings is 1. The number of rotatable bonds is 10. The number of halogens is 2. The largest absolute Gasteiger partial charge is 0.394 e. The van der Waals surface area contributed by atoms with Crippen molar-refractivity contribution in [2.24, 2.45) is 0 Å². The Bertz CT molecular complexity index is 1230. The van der Waals surface area contributed by atoms with Gasteiger partial charge in [-0.15, -0.1) is 5.53 Å². The predicted octanol–water partition coefficient (Wildman–Crippen LogP) is 3.55. The first kappa shape index (κ1) is 26.9. The summed E-state index contributed by atoms with van der Waals surface area (Å²) in [6.07, 6.45) is 1.59. The molecule has 6 atom stereocenters. The quantitative estimate of drug-likeness (QED) is 0.251. The van der Waals surface area contributed by atoms with Crippen molar-refractivity contribution in [3.8, 4) is 0 Å². The van der Waals surface area contributed by atoms with Gasteiger partial charge >= 0.3 is 0 Å². The molecule has 3 fully saturated rings. The lowest BCUT2D eigenvalue weighted by Crippen LogP contribution is -2.50. The maximum absolute atomic E-state index is 13.8. The Morgan fingerprint density at radius 1 is 1.21 bits per heavy atom. The van der Waals surface area contributed by atoms with Gasteiger partial charge in [0.15, 0.2) is 34.2 Å². The van der Waals surface area contributed by atoms with Gasteiger partial charge in [0.2, 0.25) is 0 Å². The fourth-order valence-corrected chi connectivity index (χ4v) is 6.35. The first-order valence-corrected chi connectivity index (χ1v) is 14.4. The molecule has 0 amide bonds. The molecule has 2 aliphatic carbocycles. The Morgan fingerprint density at radius 3 is 2.79 bits per heavy atom. The Morgan fingerprint density at radius 2 is 2.03 bits per heavy atom. The van der Waals surface area contributed by atoms with Gasteiger partial charge < -0.3 is 24.6 Å². The summed E-state index contributed by atoms with van der Waals surface area (Å²) in [4.78, 5) is 9.68. The van der Waals surface area contributed by atoms with Crippen LogP contribution in [0, 0.1) is 11.6 Å². The fraction of sp³-hybridized carbons (Fsp3) is 0.615. The summed E-state index contributed by atoms with van der Waals surface area (Å²) in [5.41, 5.74) is 7.96. The second-order valence-corrected chi connectivity index (χ2v) is 11.8.